The Bertz CT molecular complexity index is 1010. The van der Waals surface area contributed by atoms with Crippen LogP contribution in [0.5, 0.6) is 5.75 Å². The van der Waals surface area contributed by atoms with Gasteiger partial charge >= 0.3 is 0 Å². The molecular weight excluding hydrogens is 386 g/mol. The normalized spacial score (nSPS) is 12.6. The fraction of sp³-hybridized carbons (Fsp3) is 0.304. The molecule has 0 fully saturated rings. The maximum absolute atomic E-state index is 12.6. The second kappa shape index (κ2) is 8.70. The third-order valence-electron chi connectivity index (χ3n) is 5.19. The number of carbonyl (C=O) groups is 1. The van der Waals surface area contributed by atoms with Gasteiger partial charge < -0.3 is 10.1 Å². The van der Waals surface area contributed by atoms with Gasteiger partial charge in [0.05, 0.1) is 24.3 Å². The highest BCUT2D eigenvalue weighted by molar-refractivity contribution is 6.33. The van der Waals surface area contributed by atoms with E-state index < -0.39 is 0 Å². The van der Waals surface area contributed by atoms with E-state index in [2.05, 4.69) is 22.5 Å². The number of amides is 1. The molecule has 3 aromatic rings. The maximum Gasteiger partial charge on any atom is 0.256 e. The molecule has 1 N–H and O–H groups in total. The first-order chi connectivity index (χ1) is 14.1. The lowest BCUT2D eigenvalue weighted by Crippen LogP contribution is -2.28. The van der Waals surface area contributed by atoms with Gasteiger partial charge in [0.2, 0.25) is 0 Å². The van der Waals surface area contributed by atoms with Crippen LogP contribution in [0, 0.1) is 6.92 Å². The molecule has 0 spiro atoms. The Morgan fingerprint density at radius 1 is 1.17 bits per heavy atom. The number of rotatable bonds is 7. The van der Waals surface area contributed by atoms with Crippen molar-refractivity contribution >= 4 is 17.5 Å². The Balaban J connectivity index is 1.32. The van der Waals surface area contributed by atoms with Gasteiger partial charge in [0.1, 0.15) is 17.5 Å². The third-order valence-corrected chi connectivity index (χ3v) is 5.58. The molecule has 6 heteroatoms. The van der Waals surface area contributed by atoms with E-state index in [-0.39, 0.29) is 5.91 Å². The number of ether oxygens (including phenoxy) is 1. The fourth-order valence-electron chi connectivity index (χ4n) is 3.73. The summed E-state index contributed by atoms with van der Waals surface area (Å²) >= 11 is 6.45. The van der Waals surface area contributed by atoms with Gasteiger partial charge in [0.15, 0.2) is 0 Å². The van der Waals surface area contributed by atoms with E-state index in [0.717, 1.165) is 24.2 Å². The molecule has 0 saturated carbocycles. The Labute approximate surface area is 175 Å². The molecule has 0 radical (unpaired) electrons. The highest BCUT2D eigenvalue weighted by Gasteiger charge is 2.20. The van der Waals surface area contributed by atoms with Gasteiger partial charge in [-0.2, -0.15) is 5.10 Å². The topological polar surface area (TPSA) is 56.2 Å². The molecule has 4 rings (SSSR count). The van der Waals surface area contributed by atoms with Crippen LogP contribution in [0.15, 0.2) is 48.5 Å². The second-order valence-corrected chi connectivity index (χ2v) is 7.64. The van der Waals surface area contributed by atoms with Crippen LogP contribution in [-0.4, -0.2) is 28.8 Å². The molecule has 0 saturated heterocycles. The molecule has 1 aliphatic carbocycles. The highest BCUT2D eigenvalue weighted by atomic mass is 35.5. The Morgan fingerprint density at radius 2 is 1.97 bits per heavy atom. The quantitative estimate of drug-likeness (QED) is 0.595. The number of aromatic nitrogens is 2. The molecule has 2 aromatic carbocycles. The van der Waals surface area contributed by atoms with Gasteiger partial charge in [-0.05, 0) is 55.0 Å². The van der Waals surface area contributed by atoms with Crippen molar-refractivity contribution in [2.45, 2.75) is 32.7 Å². The summed E-state index contributed by atoms with van der Waals surface area (Å²) in [5, 5.41) is 7.66. The zero-order chi connectivity index (χ0) is 20.2. The Morgan fingerprint density at radius 3 is 2.79 bits per heavy atom. The van der Waals surface area contributed by atoms with E-state index in [1.165, 1.54) is 17.5 Å². The lowest BCUT2D eigenvalue weighted by atomic mass is 10.1. The van der Waals surface area contributed by atoms with Crippen LogP contribution in [-0.2, 0) is 19.4 Å². The van der Waals surface area contributed by atoms with Crippen LogP contribution in [0.1, 0.15) is 39.2 Å². The van der Waals surface area contributed by atoms with Crippen LogP contribution >= 0.6 is 11.6 Å². The zero-order valence-electron chi connectivity index (χ0n) is 16.5. The summed E-state index contributed by atoms with van der Waals surface area (Å²) in [6, 6.07) is 16.2. The number of aryl methyl sites for hydroxylation is 3. The molecular formula is C23H24ClN3O2. The van der Waals surface area contributed by atoms with Crippen LogP contribution < -0.4 is 10.1 Å². The van der Waals surface area contributed by atoms with Crippen molar-refractivity contribution in [3.05, 3.63) is 81.6 Å². The molecule has 29 heavy (non-hydrogen) atoms. The molecule has 0 atom stereocenters. The first kappa shape index (κ1) is 19.5. The number of carbonyl (C=O) groups excluding carboxylic acids is 1. The smallest absolute Gasteiger partial charge is 0.256 e. The van der Waals surface area contributed by atoms with Crippen molar-refractivity contribution in [3.8, 4) is 5.75 Å². The summed E-state index contributed by atoms with van der Waals surface area (Å²) in [5.41, 5.74) is 4.90. The lowest BCUT2D eigenvalue weighted by Gasteiger charge is -2.09. The Kier molecular flexibility index (Phi) is 5.86. The average Bonchev–Trinajstić information content (AvgIpc) is 3.29. The van der Waals surface area contributed by atoms with E-state index in [4.69, 9.17) is 16.3 Å². The number of hydrogen-bond acceptors (Lipinski definition) is 3. The molecule has 0 bridgehead atoms. The minimum atomic E-state index is -0.232. The predicted molar refractivity (Wildman–Crippen MR) is 114 cm³/mol. The minimum absolute atomic E-state index is 0.232. The van der Waals surface area contributed by atoms with Crippen molar-refractivity contribution in [1.82, 2.24) is 15.1 Å². The van der Waals surface area contributed by atoms with Crippen LogP contribution in [0.2, 0.25) is 5.15 Å². The average molecular weight is 410 g/mol. The second-order valence-electron chi connectivity index (χ2n) is 7.28. The van der Waals surface area contributed by atoms with E-state index in [1.807, 2.05) is 36.4 Å². The standard InChI is InChI=1S/C23H24ClN3O2/c1-16-21(22(24)27(26-16)15-17-6-3-2-4-7-17)23(28)25-12-13-29-20-11-10-18-8-5-9-19(18)14-20/h2-4,6-7,10-11,14H,5,8-9,12-13,15H2,1H3,(H,25,28). The molecule has 150 valence electrons. The fourth-order valence-corrected chi connectivity index (χ4v) is 4.05. The minimum Gasteiger partial charge on any atom is -0.492 e. The number of hydrogen-bond donors (Lipinski definition) is 1. The van der Waals surface area contributed by atoms with Crippen LogP contribution in [0.25, 0.3) is 0 Å². The predicted octanol–water partition coefficient (Wildman–Crippen LogP) is 4.19. The monoisotopic (exact) mass is 409 g/mol. The molecule has 0 aliphatic heterocycles. The number of benzene rings is 2. The van der Waals surface area contributed by atoms with E-state index in [9.17, 15) is 4.79 Å². The molecule has 1 heterocycles. The van der Waals surface area contributed by atoms with Gasteiger partial charge in [-0.1, -0.05) is 48.0 Å². The maximum atomic E-state index is 12.6. The van der Waals surface area contributed by atoms with Gasteiger partial charge in [0, 0.05) is 0 Å². The summed E-state index contributed by atoms with van der Waals surface area (Å²) < 4.78 is 7.45. The number of fused-ring (bicyclic) bond motifs is 1. The van der Waals surface area contributed by atoms with Crippen LogP contribution in [0.3, 0.4) is 0 Å². The first-order valence-electron chi connectivity index (χ1n) is 9.91. The molecule has 5 nitrogen and oxygen atoms in total. The summed E-state index contributed by atoms with van der Waals surface area (Å²) in [6.07, 6.45) is 3.49. The number of halogens is 1. The van der Waals surface area contributed by atoms with Crippen molar-refractivity contribution in [3.63, 3.8) is 0 Å². The molecule has 1 aliphatic rings. The van der Waals surface area contributed by atoms with Crippen LogP contribution in [0.4, 0.5) is 0 Å². The van der Waals surface area contributed by atoms with Crippen molar-refractivity contribution in [2.24, 2.45) is 0 Å². The lowest BCUT2D eigenvalue weighted by molar-refractivity contribution is 0.0946. The van der Waals surface area contributed by atoms with Gasteiger partial charge in [-0.25, -0.2) is 4.68 Å². The summed E-state index contributed by atoms with van der Waals surface area (Å²) in [7, 11) is 0. The van der Waals surface area contributed by atoms with Gasteiger partial charge in [-0.3, -0.25) is 4.79 Å². The largest absolute Gasteiger partial charge is 0.492 e. The van der Waals surface area contributed by atoms with Gasteiger partial charge in [0.25, 0.3) is 5.91 Å². The number of nitrogens with zero attached hydrogens (tertiary/aromatic N) is 2. The summed E-state index contributed by atoms with van der Waals surface area (Å²) in [5.74, 6) is 0.620. The van der Waals surface area contributed by atoms with E-state index in [1.54, 1.807) is 11.6 Å². The first-order valence-corrected chi connectivity index (χ1v) is 10.3. The van der Waals surface area contributed by atoms with Crippen molar-refractivity contribution in [2.75, 3.05) is 13.2 Å². The summed E-state index contributed by atoms with van der Waals surface area (Å²) in [6.45, 7) is 3.12. The van der Waals surface area contributed by atoms with Crippen molar-refractivity contribution < 1.29 is 9.53 Å². The molecule has 1 aromatic heterocycles. The van der Waals surface area contributed by atoms with E-state index in [0.29, 0.717) is 36.1 Å². The van der Waals surface area contributed by atoms with E-state index >= 15 is 0 Å². The third kappa shape index (κ3) is 4.46. The zero-order valence-corrected chi connectivity index (χ0v) is 17.2. The SMILES string of the molecule is Cc1nn(Cc2ccccc2)c(Cl)c1C(=O)NCCOc1ccc2c(c1)CCC2. The highest BCUT2D eigenvalue weighted by Crippen LogP contribution is 2.26. The van der Waals surface area contributed by atoms with Crippen molar-refractivity contribution in [1.29, 1.82) is 0 Å². The summed E-state index contributed by atoms with van der Waals surface area (Å²) in [4.78, 5) is 12.6. The molecule has 1 amide bonds. The van der Waals surface area contributed by atoms with Gasteiger partial charge in [-0.15, -0.1) is 0 Å². The molecule has 0 unspecified atom stereocenters. The number of nitrogens with one attached hydrogen (secondary N) is 1. The Hall–Kier alpha value is -2.79.